The number of nitrogens with zero attached hydrogens (tertiary/aromatic N) is 1. The summed E-state index contributed by atoms with van der Waals surface area (Å²) in [7, 11) is -3.12. The van der Waals surface area contributed by atoms with Crippen molar-refractivity contribution >= 4 is 21.5 Å². The zero-order valence-electron chi connectivity index (χ0n) is 16.4. The molecule has 6 heteroatoms. The average Bonchev–Trinajstić information content (AvgIpc) is 3.26. The first-order valence-electron chi connectivity index (χ1n) is 9.94. The Bertz CT molecular complexity index is 1060. The number of allylic oxidation sites excluding steroid dienone is 1. The summed E-state index contributed by atoms with van der Waals surface area (Å²) in [4.78, 5) is 4.47. The molecule has 1 fully saturated rings. The molecule has 2 atom stereocenters. The predicted molar refractivity (Wildman–Crippen MR) is 114 cm³/mol. The number of aromatic hydroxyl groups is 1. The van der Waals surface area contributed by atoms with Gasteiger partial charge in [-0.1, -0.05) is 36.8 Å². The second-order valence-electron chi connectivity index (χ2n) is 7.51. The fourth-order valence-corrected chi connectivity index (χ4v) is 6.27. The quantitative estimate of drug-likeness (QED) is 0.727. The third-order valence-electron chi connectivity index (χ3n) is 5.72. The largest absolute Gasteiger partial charge is 0.507 e. The highest BCUT2D eigenvalue weighted by molar-refractivity contribution is 7.92. The van der Waals surface area contributed by atoms with Crippen molar-refractivity contribution in [2.75, 3.05) is 12.4 Å². The second-order valence-corrected chi connectivity index (χ2v) is 9.70. The standard InChI is InChI=1S/C23H25NO4S/c1-2-16-15-29(26,27)22-14-28-21(23(16)22)11-10-17(19-8-5-6-12-24-19)13-18-7-3-4-9-20(18)25/h3-9,12-13,21-22,25H,2,10-11,14-15H2,1H3/b17-13-/t21-,22+/m1/s1. The molecule has 2 aliphatic heterocycles. The summed E-state index contributed by atoms with van der Waals surface area (Å²) in [6.07, 6.45) is 5.61. The van der Waals surface area contributed by atoms with Crippen LogP contribution < -0.4 is 0 Å². The van der Waals surface area contributed by atoms with Crippen molar-refractivity contribution < 1.29 is 18.3 Å². The van der Waals surface area contributed by atoms with E-state index >= 15 is 0 Å². The number of phenols is 1. The number of rotatable bonds is 6. The lowest BCUT2D eigenvalue weighted by Gasteiger charge is -2.15. The molecule has 0 unspecified atom stereocenters. The topological polar surface area (TPSA) is 76.5 Å². The number of hydrogen-bond donors (Lipinski definition) is 1. The van der Waals surface area contributed by atoms with E-state index in [-0.39, 0.29) is 24.2 Å². The number of aromatic nitrogens is 1. The van der Waals surface area contributed by atoms with E-state index in [1.807, 2.05) is 43.3 Å². The molecule has 0 saturated carbocycles. The molecule has 1 aromatic carbocycles. The zero-order valence-corrected chi connectivity index (χ0v) is 17.2. The molecule has 1 aromatic heterocycles. The van der Waals surface area contributed by atoms with Gasteiger partial charge in [-0.3, -0.25) is 4.98 Å². The van der Waals surface area contributed by atoms with E-state index in [1.165, 1.54) is 0 Å². The van der Waals surface area contributed by atoms with Crippen molar-refractivity contribution in [3.05, 3.63) is 71.1 Å². The van der Waals surface area contributed by atoms with E-state index in [2.05, 4.69) is 4.98 Å². The normalized spacial score (nSPS) is 23.4. The number of phenolic OH excluding ortho intramolecular Hbond substituents is 1. The maximum atomic E-state index is 12.4. The fraction of sp³-hybridized carbons (Fsp3) is 0.348. The van der Waals surface area contributed by atoms with Crippen molar-refractivity contribution in [1.82, 2.24) is 4.98 Å². The Morgan fingerprint density at radius 2 is 2.03 bits per heavy atom. The van der Waals surface area contributed by atoms with Crippen LogP contribution in [0.2, 0.25) is 0 Å². The average molecular weight is 412 g/mol. The molecular weight excluding hydrogens is 386 g/mol. The molecule has 0 spiro atoms. The SMILES string of the molecule is CCC1=C2[C@@H](CC/C(=C/c3ccccc3O)c3ccccn3)OC[C@@H]2S(=O)(=O)C1. The Kier molecular flexibility index (Phi) is 5.56. The van der Waals surface area contributed by atoms with Crippen LogP contribution in [0.3, 0.4) is 0 Å². The smallest absolute Gasteiger partial charge is 0.163 e. The summed E-state index contributed by atoms with van der Waals surface area (Å²) >= 11 is 0. The van der Waals surface area contributed by atoms with Gasteiger partial charge in [0, 0.05) is 11.8 Å². The third kappa shape index (κ3) is 4.00. The number of fused-ring (bicyclic) bond motifs is 1. The van der Waals surface area contributed by atoms with Gasteiger partial charge in [0.25, 0.3) is 0 Å². The number of hydrogen-bond acceptors (Lipinski definition) is 5. The van der Waals surface area contributed by atoms with Gasteiger partial charge in [0.05, 0.1) is 24.2 Å². The van der Waals surface area contributed by atoms with Crippen LogP contribution in [0.25, 0.3) is 11.6 Å². The zero-order chi connectivity index (χ0) is 20.4. The van der Waals surface area contributed by atoms with Crippen LogP contribution >= 0.6 is 0 Å². The maximum Gasteiger partial charge on any atom is 0.163 e. The molecule has 152 valence electrons. The van der Waals surface area contributed by atoms with Gasteiger partial charge in [-0.15, -0.1) is 0 Å². The van der Waals surface area contributed by atoms with Gasteiger partial charge in [0.2, 0.25) is 0 Å². The molecule has 4 rings (SSSR count). The number of sulfone groups is 1. The summed E-state index contributed by atoms with van der Waals surface area (Å²) in [5.41, 5.74) is 4.56. The molecule has 5 nitrogen and oxygen atoms in total. The Labute approximate surface area is 171 Å². The van der Waals surface area contributed by atoms with E-state index in [9.17, 15) is 13.5 Å². The molecule has 0 aliphatic carbocycles. The first kappa shape index (κ1) is 19.9. The summed E-state index contributed by atoms with van der Waals surface area (Å²) in [6.45, 7) is 2.26. The lowest BCUT2D eigenvalue weighted by Crippen LogP contribution is -2.19. The van der Waals surface area contributed by atoms with Crippen LogP contribution in [-0.2, 0) is 14.6 Å². The molecule has 29 heavy (non-hydrogen) atoms. The lowest BCUT2D eigenvalue weighted by atomic mass is 9.94. The van der Waals surface area contributed by atoms with E-state index in [4.69, 9.17) is 4.74 Å². The second kappa shape index (κ2) is 8.13. The molecule has 0 amide bonds. The van der Waals surface area contributed by atoms with E-state index < -0.39 is 15.1 Å². The molecule has 0 radical (unpaired) electrons. The molecule has 0 bridgehead atoms. The maximum absolute atomic E-state index is 12.4. The van der Waals surface area contributed by atoms with Crippen LogP contribution in [-0.4, -0.2) is 42.2 Å². The Morgan fingerprint density at radius 1 is 1.24 bits per heavy atom. The third-order valence-corrected chi connectivity index (χ3v) is 7.73. The summed E-state index contributed by atoms with van der Waals surface area (Å²) in [6, 6.07) is 12.9. The van der Waals surface area contributed by atoms with Crippen LogP contribution in [0, 0.1) is 0 Å². The van der Waals surface area contributed by atoms with Crippen molar-refractivity contribution in [1.29, 1.82) is 0 Å². The van der Waals surface area contributed by atoms with Gasteiger partial charge in [-0.2, -0.15) is 0 Å². The minimum Gasteiger partial charge on any atom is -0.507 e. The van der Waals surface area contributed by atoms with Crippen molar-refractivity contribution in [2.24, 2.45) is 0 Å². The Hall–Kier alpha value is -2.44. The molecule has 2 aliphatic rings. The lowest BCUT2D eigenvalue weighted by molar-refractivity contribution is 0.118. The Morgan fingerprint density at radius 3 is 2.76 bits per heavy atom. The molecule has 1 N–H and O–H groups in total. The molecule has 1 saturated heterocycles. The first-order chi connectivity index (χ1) is 14.0. The van der Waals surface area contributed by atoms with E-state index in [0.717, 1.165) is 34.4 Å². The predicted octanol–water partition coefficient (Wildman–Crippen LogP) is 4.01. The van der Waals surface area contributed by atoms with Gasteiger partial charge in [-0.25, -0.2) is 8.42 Å². The van der Waals surface area contributed by atoms with Crippen LogP contribution in [0.15, 0.2) is 59.8 Å². The van der Waals surface area contributed by atoms with Crippen molar-refractivity contribution in [3.63, 3.8) is 0 Å². The van der Waals surface area contributed by atoms with Crippen LogP contribution in [0.1, 0.15) is 37.4 Å². The molecular formula is C23H25NO4S. The number of pyridine rings is 1. The fourth-order valence-electron chi connectivity index (χ4n) is 4.23. The summed E-state index contributed by atoms with van der Waals surface area (Å²) < 4.78 is 30.8. The minimum absolute atomic E-state index is 0.171. The number of benzene rings is 1. The van der Waals surface area contributed by atoms with E-state index in [0.29, 0.717) is 12.8 Å². The van der Waals surface area contributed by atoms with Gasteiger partial charge >= 0.3 is 0 Å². The van der Waals surface area contributed by atoms with Crippen molar-refractivity contribution in [3.8, 4) is 5.75 Å². The summed E-state index contributed by atoms with van der Waals surface area (Å²) in [5.74, 6) is 0.389. The van der Waals surface area contributed by atoms with Crippen LogP contribution in [0.4, 0.5) is 0 Å². The van der Waals surface area contributed by atoms with Gasteiger partial charge in [0.15, 0.2) is 9.84 Å². The molecule has 2 aromatic rings. The van der Waals surface area contributed by atoms with Crippen LogP contribution in [0.5, 0.6) is 5.75 Å². The molecule has 3 heterocycles. The van der Waals surface area contributed by atoms with Gasteiger partial charge in [-0.05, 0) is 54.7 Å². The summed E-state index contributed by atoms with van der Waals surface area (Å²) in [5, 5.41) is 9.70. The Balaban J connectivity index is 1.61. The highest BCUT2D eigenvalue weighted by Gasteiger charge is 2.46. The highest BCUT2D eigenvalue weighted by atomic mass is 32.2. The van der Waals surface area contributed by atoms with Crippen molar-refractivity contribution in [2.45, 2.75) is 37.5 Å². The monoisotopic (exact) mass is 411 g/mol. The van der Waals surface area contributed by atoms with E-state index in [1.54, 1.807) is 18.3 Å². The minimum atomic E-state index is -3.12. The van der Waals surface area contributed by atoms with Gasteiger partial charge < -0.3 is 9.84 Å². The first-order valence-corrected chi connectivity index (χ1v) is 11.7. The highest BCUT2D eigenvalue weighted by Crippen LogP contribution is 2.40. The van der Waals surface area contributed by atoms with Gasteiger partial charge in [0.1, 0.15) is 11.0 Å². The number of para-hydroxylation sites is 1. The number of ether oxygens (including phenoxy) is 1.